The fourth-order valence-electron chi connectivity index (χ4n) is 1.17. The second-order valence-corrected chi connectivity index (χ2v) is 3.36. The third-order valence-electron chi connectivity index (χ3n) is 2.08. The third kappa shape index (κ3) is 3.65. The fraction of sp³-hybridized carbons (Fsp3) is 0.500. The number of hydrogen-bond acceptors (Lipinski definition) is 6. The van der Waals surface area contributed by atoms with Gasteiger partial charge in [-0.1, -0.05) is 0 Å². The summed E-state index contributed by atoms with van der Waals surface area (Å²) in [6.45, 7) is 0.433. The maximum Gasteiger partial charge on any atom is 0.213 e. The molecule has 0 aliphatic heterocycles. The second kappa shape index (κ2) is 6.26. The number of methoxy groups -OCH3 is 1. The van der Waals surface area contributed by atoms with E-state index in [4.69, 9.17) is 20.7 Å². The quantitative estimate of drug-likeness (QED) is 0.503. The minimum atomic E-state index is -0.771. The zero-order valence-corrected chi connectivity index (χ0v) is 9.18. The molecule has 0 aliphatic carbocycles. The van der Waals surface area contributed by atoms with Crippen LogP contribution >= 0.6 is 0 Å². The molecule has 1 aromatic rings. The standard InChI is InChI=1S/C10H17N3O3/c1-16-10-3-2-8(11)9(13-10)5-12-4-7(15)6-14/h2-3,7,12,14-15H,4-6,11H2,1H3. The van der Waals surface area contributed by atoms with Crippen molar-refractivity contribution in [2.75, 3.05) is 26.0 Å². The van der Waals surface area contributed by atoms with Crippen LogP contribution in [0.5, 0.6) is 5.88 Å². The number of anilines is 1. The lowest BCUT2D eigenvalue weighted by Crippen LogP contribution is -2.29. The molecule has 1 heterocycles. The number of hydrogen-bond donors (Lipinski definition) is 4. The third-order valence-corrected chi connectivity index (χ3v) is 2.08. The van der Waals surface area contributed by atoms with Crippen LogP contribution in [0, 0.1) is 0 Å². The summed E-state index contributed by atoms with van der Waals surface area (Å²) in [5.41, 5.74) is 6.94. The summed E-state index contributed by atoms with van der Waals surface area (Å²) in [5, 5.41) is 20.7. The van der Waals surface area contributed by atoms with Gasteiger partial charge in [0.2, 0.25) is 5.88 Å². The maximum absolute atomic E-state index is 9.12. The Morgan fingerprint density at radius 1 is 1.56 bits per heavy atom. The maximum atomic E-state index is 9.12. The van der Waals surface area contributed by atoms with Gasteiger partial charge < -0.3 is 26.0 Å². The van der Waals surface area contributed by atoms with E-state index in [0.717, 1.165) is 0 Å². The largest absolute Gasteiger partial charge is 0.481 e. The molecule has 5 N–H and O–H groups in total. The van der Waals surface area contributed by atoms with E-state index in [9.17, 15) is 0 Å². The Morgan fingerprint density at radius 2 is 2.31 bits per heavy atom. The van der Waals surface area contributed by atoms with Crippen LogP contribution in [-0.4, -0.2) is 41.6 Å². The zero-order chi connectivity index (χ0) is 12.0. The average molecular weight is 227 g/mol. The molecule has 0 aliphatic rings. The molecule has 0 amide bonds. The first-order valence-electron chi connectivity index (χ1n) is 4.96. The zero-order valence-electron chi connectivity index (χ0n) is 9.18. The molecule has 0 spiro atoms. The topological polar surface area (TPSA) is 101 Å². The van der Waals surface area contributed by atoms with Gasteiger partial charge in [0.15, 0.2) is 0 Å². The van der Waals surface area contributed by atoms with Crippen LogP contribution in [-0.2, 0) is 6.54 Å². The highest BCUT2D eigenvalue weighted by Crippen LogP contribution is 2.14. The number of nitrogens with one attached hydrogen (secondary N) is 1. The highest BCUT2D eigenvalue weighted by atomic mass is 16.5. The number of nitrogen functional groups attached to an aromatic ring is 1. The molecule has 0 aromatic carbocycles. The van der Waals surface area contributed by atoms with Gasteiger partial charge in [-0.3, -0.25) is 0 Å². The molecule has 1 rings (SSSR count). The van der Waals surface area contributed by atoms with Crippen molar-refractivity contribution >= 4 is 5.69 Å². The lowest BCUT2D eigenvalue weighted by molar-refractivity contribution is 0.0941. The molecule has 0 saturated carbocycles. The second-order valence-electron chi connectivity index (χ2n) is 3.36. The number of pyridine rings is 1. The van der Waals surface area contributed by atoms with Crippen LogP contribution in [0.2, 0.25) is 0 Å². The van der Waals surface area contributed by atoms with E-state index in [0.29, 0.717) is 23.8 Å². The Morgan fingerprint density at radius 3 is 2.94 bits per heavy atom. The molecule has 0 saturated heterocycles. The first-order chi connectivity index (χ1) is 7.67. The number of ether oxygens (including phenoxy) is 1. The number of aliphatic hydroxyl groups is 2. The van der Waals surface area contributed by atoms with Crippen LogP contribution in [0.3, 0.4) is 0 Å². The number of aliphatic hydroxyl groups excluding tert-OH is 2. The van der Waals surface area contributed by atoms with E-state index in [1.165, 1.54) is 7.11 Å². The lowest BCUT2D eigenvalue weighted by Gasteiger charge is -2.10. The molecule has 1 atom stereocenters. The summed E-state index contributed by atoms with van der Waals surface area (Å²) in [5.74, 6) is 0.494. The van der Waals surface area contributed by atoms with Gasteiger partial charge in [-0.2, -0.15) is 0 Å². The Kier molecular flexibility index (Phi) is 4.97. The van der Waals surface area contributed by atoms with Gasteiger partial charge in [-0.15, -0.1) is 0 Å². The molecule has 1 unspecified atom stereocenters. The van der Waals surface area contributed by atoms with Crippen molar-refractivity contribution in [3.63, 3.8) is 0 Å². The van der Waals surface area contributed by atoms with Gasteiger partial charge in [0.25, 0.3) is 0 Å². The van der Waals surface area contributed by atoms with Crippen molar-refractivity contribution in [2.45, 2.75) is 12.6 Å². The number of rotatable bonds is 6. The number of aromatic nitrogens is 1. The normalized spacial score (nSPS) is 12.4. The van der Waals surface area contributed by atoms with Crippen molar-refractivity contribution < 1.29 is 14.9 Å². The van der Waals surface area contributed by atoms with Crippen molar-refractivity contribution in [1.82, 2.24) is 10.3 Å². The molecule has 6 nitrogen and oxygen atoms in total. The summed E-state index contributed by atoms with van der Waals surface area (Å²) in [6.07, 6.45) is -0.771. The summed E-state index contributed by atoms with van der Waals surface area (Å²) in [4.78, 5) is 4.16. The van der Waals surface area contributed by atoms with E-state index >= 15 is 0 Å². The van der Waals surface area contributed by atoms with Crippen LogP contribution in [0.1, 0.15) is 5.69 Å². The smallest absolute Gasteiger partial charge is 0.213 e. The Balaban J connectivity index is 2.52. The Labute approximate surface area is 94.1 Å². The minimum Gasteiger partial charge on any atom is -0.481 e. The van der Waals surface area contributed by atoms with Crippen LogP contribution in [0.4, 0.5) is 5.69 Å². The molecule has 1 aromatic heterocycles. The minimum absolute atomic E-state index is 0.270. The van der Waals surface area contributed by atoms with Crippen molar-refractivity contribution in [3.8, 4) is 5.88 Å². The van der Waals surface area contributed by atoms with Crippen molar-refractivity contribution in [3.05, 3.63) is 17.8 Å². The van der Waals surface area contributed by atoms with E-state index in [1.807, 2.05) is 0 Å². The van der Waals surface area contributed by atoms with Crippen LogP contribution in [0.15, 0.2) is 12.1 Å². The molecule has 0 bridgehead atoms. The SMILES string of the molecule is COc1ccc(N)c(CNCC(O)CO)n1. The van der Waals surface area contributed by atoms with E-state index in [2.05, 4.69) is 10.3 Å². The monoisotopic (exact) mass is 227 g/mol. The number of nitrogens with zero attached hydrogens (tertiary/aromatic N) is 1. The first-order valence-corrected chi connectivity index (χ1v) is 4.96. The molecule has 0 radical (unpaired) electrons. The highest BCUT2D eigenvalue weighted by Gasteiger charge is 2.05. The van der Waals surface area contributed by atoms with Crippen LogP contribution < -0.4 is 15.8 Å². The molecule has 6 heteroatoms. The van der Waals surface area contributed by atoms with E-state index < -0.39 is 6.10 Å². The predicted molar refractivity (Wildman–Crippen MR) is 60.0 cm³/mol. The Hall–Kier alpha value is -1.37. The average Bonchev–Trinajstić information content (AvgIpc) is 2.31. The van der Waals surface area contributed by atoms with Crippen LogP contribution in [0.25, 0.3) is 0 Å². The molecule has 0 fully saturated rings. The summed E-state index contributed by atoms with van der Waals surface area (Å²) in [6, 6.07) is 3.40. The highest BCUT2D eigenvalue weighted by molar-refractivity contribution is 5.44. The lowest BCUT2D eigenvalue weighted by atomic mass is 10.3. The van der Waals surface area contributed by atoms with E-state index in [1.54, 1.807) is 12.1 Å². The van der Waals surface area contributed by atoms with Gasteiger partial charge in [0.1, 0.15) is 0 Å². The van der Waals surface area contributed by atoms with Gasteiger partial charge in [0, 0.05) is 19.2 Å². The molecule has 16 heavy (non-hydrogen) atoms. The fourth-order valence-corrected chi connectivity index (χ4v) is 1.17. The summed E-state index contributed by atoms with van der Waals surface area (Å²) >= 11 is 0. The van der Waals surface area contributed by atoms with Gasteiger partial charge >= 0.3 is 0 Å². The summed E-state index contributed by atoms with van der Waals surface area (Å²) < 4.78 is 4.97. The predicted octanol–water partition coefficient (Wildman–Crippen LogP) is -0.885. The first kappa shape index (κ1) is 12.7. The van der Waals surface area contributed by atoms with Gasteiger partial charge in [-0.25, -0.2) is 4.98 Å². The molecule has 90 valence electrons. The summed E-state index contributed by atoms with van der Waals surface area (Å²) in [7, 11) is 1.53. The molecular formula is C10H17N3O3. The number of nitrogens with two attached hydrogens (primary N) is 1. The van der Waals surface area contributed by atoms with Crippen molar-refractivity contribution in [1.29, 1.82) is 0 Å². The van der Waals surface area contributed by atoms with Crippen molar-refractivity contribution in [2.24, 2.45) is 0 Å². The van der Waals surface area contributed by atoms with Gasteiger partial charge in [0.05, 0.1) is 31.2 Å². The molecular weight excluding hydrogens is 210 g/mol. The Bertz CT molecular complexity index is 333. The van der Waals surface area contributed by atoms with E-state index in [-0.39, 0.29) is 13.2 Å². The van der Waals surface area contributed by atoms with Gasteiger partial charge in [-0.05, 0) is 6.07 Å².